The summed E-state index contributed by atoms with van der Waals surface area (Å²) in [4.78, 5) is 11.2. The van der Waals surface area contributed by atoms with E-state index in [1.54, 1.807) is 6.92 Å². The zero-order chi connectivity index (χ0) is 12.7. The van der Waals surface area contributed by atoms with Crippen molar-refractivity contribution in [1.29, 1.82) is 0 Å². The van der Waals surface area contributed by atoms with Crippen LogP contribution in [0.1, 0.15) is 13.8 Å². The summed E-state index contributed by atoms with van der Waals surface area (Å²) in [6, 6.07) is 9.82. The molecule has 1 N–H and O–H groups in total. The first-order valence-corrected chi connectivity index (χ1v) is 5.54. The summed E-state index contributed by atoms with van der Waals surface area (Å²) in [7, 11) is 1.89. The Morgan fingerprint density at radius 2 is 2.06 bits per heavy atom. The molecule has 4 nitrogen and oxygen atoms in total. The molecule has 0 aliphatic carbocycles. The Labute approximate surface area is 102 Å². The van der Waals surface area contributed by atoms with Crippen molar-refractivity contribution in [3.8, 4) is 0 Å². The summed E-state index contributed by atoms with van der Waals surface area (Å²) in [5.41, 5.74) is 4.83. The Bertz CT molecular complexity index is 388. The van der Waals surface area contributed by atoms with Gasteiger partial charge in [-0.05, 0) is 26.0 Å². The first-order valence-electron chi connectivity index (χ1n) is 5.54. The lowest BCUT2D eigenvalue weighted by Crippen LogP contribution is -2.33. The zero-order valence-corrected chi connectivity index (χ0v) is 10.4. The topological polar surface area (TPSA) is 41.6 Å². The Morgan fingerprint density at radius 1 is 1.41 bits per heavy atom. The van der Waals surface area contributed by atoms with Gasteiger partial charge in [-0.15, -0.1) is 0 Å². The standard InChI is InChI=1S/C13H18N2O2/c1-4-17-13(16)10-11(2)14-15(3)12-8-6-5-7-9-12/h5-10,14H,4H2,1-3H3/b11-10-. The molecular formula is C13H18N2O2. The number of rotatable bonds is 5. The number of allylic oxidation sites excluding steroid dienone is 1. The van der Waals surface area contributed by atoms with Gasteiger partial charge in [-0.2, -0.15) is 0 Å². The zero-order valence-electron chi connectivity index (χ0n) is 10.4. The normalized spacial score (nSPS) is 10.9. The second-order valence-electron chi connectivity index (χ2n) is 3.59. The van der Waals surface area contributed by atoms with E-state index in [1.165, 1.54) is 6.08 Å². The molecule has 92 valence electrons. The van der Waals surface area contributed by atoms with Crippen LogP contribution in [0.4, 0.5) is 5.69 Å². The SMILES string of the molecule is CCOC(=O)/C=C(/C)NN(C)c1ccccc1. The van der Waals surface area contributed by atoms with Crippen molar-refractivity contribution in [1.82, 2.24) is 5.43 Å². The monoisotopic (exact) mass is 234 g/mol. The van der Waals surface area contributed by atoms with Crippen LogP contribution < -0.4 is 10.4 Å². The average Bonchev–Trinajstić information content (AvgIpc) is 2.30. The number of benzene rings is 1. The second-order valence-corrected chi connectivity index (χ2v) is 3.59. The van der Waals surface area contributed by atoms with Crippen LogP contribution in [0.2, 0.25) is 0 Å². The van der Waals surface area contributed by atoms with Gasteiger partial charge in [0.15, 0.2) is 0 Å². The third-order valence-corrected chi connectivity index (χ3v) is 2.11. The molecule has 0 unspecified atom stereocenters. The summed E-state index contributed by atoms with van der Waals surface area (Å²) in [6.07, 6.45) is 1.43. The van der Waals surface area contributed by atoms with E-state index in [1.807, 2.05) is 49.3 Å². The Kier molecular flexibility index (Phi) is 5.07. The van der Waals surface area contributed by atoms with Gasteiger partial charge in [0.1, 0.15) is 0 Å². The molecule has 1 rings (SSSR count). The van der Waals surface area contributed by atoms with Gasteiger partial charge in [-0.3, -0.25) is 5.01 Å². The maximum Gasteiger partial charge on any atom is 0.332 e. The van der Waals surface area contributed by atoms with Gasteiger partial charge in [0.2, 0.25) is 0 Å². The molecule has 0 amide bonds. The maximum absolute atomic E-state index is 11.2. The number of nitrogens with one attached hydrogen (secondary N) is 1. The van der Waals surface area contributed by atoms with Crippen LogP contribution in [0.5, 0.6) is 0 Å². The van der Waals surface area contributed by atoms with Gasteiger partial charge in [0, 0.05) is 18.8 Å². The van der Waals surface area contributed by atoms with E-state index >= 15 is 0 Å². The molecule has 0 aliphatic rings. The van der Waals surface area contributed by atoms with Crippen LogP contribution in [0.15, 0.2) is 42.1 Å². The predicted octanol–water partition coefficient (Wildman–Crippen LogP) is 2.09. The minimum atomic E-state index is -0.334. The minimum Gasteiger partial charge on any atom is -0.463 e. The van der Waals surface area contributed by atoms with E-state index in [0.717, 1.165) is 11.4 Å². The fraction of sp³-hybridized carbons (Fsp3) is 0.308. The number of anilines is 1. The third kappa shape index (κ3) is 4.59. The quantitative estimate of drug-likeness (QED) is 0.481. The molecule has 0 atom stereocenters. The third-order valence-electron chi connectivity index (χ3n) is 2.11. The Hall–Kier alpha value is -1.97. The molecule has 0 aromatic heterocycles. The summed E-state index contributed by atoms with van der Waals surface area (Å²) in [5, 5.41) is 1.84. The van der Waals surface area contributed by atoms with Crippen LogP contribution in [-0.4, -0.2) is 19.6 Å². The fourth-order valence-electron chi connectivity index (χ4n) is 1.37. The molecule has 0 saturated heterocycles. The van der Waals surface area contributed by atoms with E-state index in [2.05, 4.69) is 5.43 Å². The maximum atomic E-state index is 11.2. The number of esters is 1. The summed E-state index contributed by atoms with van der Waals surface area (Å²) < 4.78 is 4.83. The smallest absolute Gasteiger partial charge is 0.332 e. The van der Waals surface area contributed by atoms with Gasteiger partial charge in [-0.25, -0.2) is 4.79 Å². The molecule has 1 aromatic rings. The molecule has 0 aliphatic heterocycles. The highest BCUT2D eigenvalue weighted by atomic mass is 16.5. The van der Waals surface area contributed by atoms with Gasteiger partial charge < -0.3 is 10.2 Å². The second kappa shape index (κ2) is 6.58. The number of hydrogen-bond acceptors (Lipinski definition) is 4. The lowest BCUT2D eigenvalue weighted by Gasteiger charge is -2.21. The molecule has 17 heavy (non-hydrogen) atoms. The van der Waals surface area contributed by atoms with Crippen molar-refractivity contribution in [2.75, 3.05) is 18.7 Å². The average molecular weight is 234 g/mol. The molecule has 0 saturated carbocycles. The van der Waals surface area contributed by atoms with E-state index in [4.69, 9.17) is 4.74 Å². The van der Waals surface area contributed by atoms with Gasteiger partial charge in [0.25, 0.3) is 0 Å². The van der Waals surface area contributed by atoms with Crippen LogP contribution >= 0.6 is 0 Å². The molecule has 0 spiro atoms. The van der Waals surface area contributed by atoms with Crippen molar-refractivity contribution in [2.24, 2.45) is 0 Å². The molecule has 0 radical (unpaired) electrons. The Balaban J connectivity index is 2.57. The highest BCUT2D eigenvalue weighted by molar-refractivity contribution is 5.82. The molecule has 0 fully saturated rings. The highest BCUT2D eigenvalue weighted by Gasteiger charge is 2.01. The number of nitrogens with zero attached hydrogens (tertiary/aromatic N) is 1. The van der Waals surface area contributed by atoms with Gasteiger partial charge in [-0.1, -0.05) is 18.2 Å². The number of carbonyl (C=O) groups is 1. The van der Waals surface area contributed by atoms with E-state index in [9.17, 15) is 4.79 Å². The van der Waals surface area contributed by atoms with Crippen molar-refractivity contribution in [3.63, 3.8) is 0 Å². The van der Waals surface area contributed by atoms with Crippen LogP contribution in [0, 0.1) is 0 Å². The number of hydrazine groups is 1. The molecule has 4 heteroatoms. The van der Waals surface area contributed by atoms with Crippen molar-refractivity contribution in [3.05, 3.63) is 42.1 Å². The molecule has 0 bridgehead atoms. The first-order chi connectivity index (χ1) is 8.13. The van der Waals surface area contributed by atoms with Crippen LogP contribution in [0.25, 0.3) is 0 Å². The van der Waals surface area contributed by atoms with E-state index < -0.39 is 0 Å². The first kappa shape index (κ1) is 13.1. The van der Waals surface area contributed by atoms with E-state index in [-0.39, 0.29) is 5.97 Å². The predicted molar refractivity (Wildman–Crippen MR) is 68.4 cm³/mol. The lowest BCUT2D eigenvalue weighted by atomic mass is 10.3. The molecule has 0 heterocycles. The largest absolute Gasteiger partial charge is 0.463 e. The summed E-state index contributed by atoms with van der Waals surface area (Å²) >= 11 is 0. The van der Waals surface area contributed by atoms with Crippen LogP contribution in [0.3, 0.4) is 0 Å². The van der Waals surface area contributed by atoms with Crippen LogP contribution in [-0.2, 0) is 9.53 Å². The number of hydrogen-bond donors (Lipinski definition) is 1. The molecule has 1 aromatic carbocycles. The number of para-hydroxylation sites is 1. The Morgan fingerprint density at radius 3 is 2.65 bits per heavy atom. The van der Waals surface area contributed by atoms with Crippen molar-refractivity contribution >= 4 is 11.7 Å². The highest BCUT2D eigenvalue weighted by Crippen LogP contribution is 2.09. The summed E-state index contributed by atoms with van der Waals surface area (Å²) in [5.74, 6) is -0.334. The van der Waals surface area contributed by atoms with E-state index in [0.29, 0.717) is 6.61 Å². The summed E-state index contributed by atoms with van der Waals surface area (Å²) in [6.45, 7) is 3.98. The number of carbonyl (C=O) groups excluding carboxylic acids is 1. The van der Waals surface area contributed by atoms with Gasteiger partial charge in [0.05, 0.1) is 12.3 Å². The minimum absolute atomic E-state index is 0.334. The molecular weight excluding hydrogens is 216 g/mol. The van der Waals surface area contributed by atoms with Gasteiger partial charge >= 0.3 is 5.97 Å². The van der Waals surface area contributed by atoms with Crippen molar-refractivity contribution in [2.45, 2.75) is 13.8 Å². The lowest BCUT2D eigenvalue weighted by molar-refractivity contribution is -0.137. The van der Waals surface area contributed by atoms with Crippen molar-refractivity contribution < 1.29 is 9.53 Å². The number of ether oxygens (including phenoxy) is 1. The fourth-order valence-corrected chi connectivity index (χ4v) is 1.37.